The highest BCUT2D eigenvalue weighted by molar-refractivity contribution is 4.96. The van der Waals surface area contributed by atoms with Crippen molar-refractivity contribution in [2.45, 2.75) is 64.0 Å². The molecular weight excluding hydrogens is 224 g/mol. The van der Waals surface area contributed by atoms with E-state index in [9.17, 15) is 0 Å². The highest BCUT2D eigenvalue weighted by atomic mass is 16.5. The van der Waals surface area contributed by atoms with Crippen LogP contribution in [0.5, 0.6) is 0 Å². The van der Waals surface area contributed by atoms with Gasteiger partial charge in [0, 0.05) is 24.7 Å². The minimum absolute atomic E-state index is 0.159. The number of ether oxygens (including phenoxy) is 1. The summed E-state index contributed by atoms with van der Waals surface area (Å²) >= 11 is 0. The first-order valence-electron chi connectivity index (χ1n) is 7.75. The molecule has 1 saturated carbocycles. The van der Waals surface area contributed by atoms with E-state index in [0.717, 1.165) is 38.6 Å². The fourth-order valence-electron chi connectivity index (χ4n) is 3.65. The maximum Gasteiger partial charge on any atom is 0.0594 e. The van der Waals surface area contributed by atoms with Crippen LogP contribution in [0.1, 0.15) is 52.4 Å². The van der Waals surface area contributed by atoms with Crippen molar-refractivity contribution in [3.05, 3.63) is 0 Å². The lowest BCUT2D eigenvalue weighted by Crippen LogP contribution is -2.60. The van der Waals surface area contributed by atoms with Crippen LogP contribution in [0.2, 0.25) is 0 Å². The lowest BCUT2D eigenvalue weighted by atomic mass is 9.82. The minimum atomic E-state index is 0.159. The summed E-state index contributed by atoms with van der Waals surface area (Å²) in [4.78, 5) is 2.57. The molecule has 0 bridgehead atoms. The zero-order valence-corrected chi connectivity index (χ0v) is 12.2. The Hall–Kier alpha value is -0.120. The molecule has 2 rings (SSSR count). The molecule has 0 radical (unpaired) electrons. The van der Waals surface area contributed by atoms with Crippen LogP contribution in [0.25, 0.3) is 0 Å². The predicted octanol–water partition coefficient (Wildman–Crippen LogP) is 2.39. The number of morpholine rings is 1. The lowest BCUT2D eigenvalue weighted by Gasteiger charge is -2.47. The first-order valence-corrected chi connectivity index (χ1v) is 7.75. The van der Waals surface area contributed by atoms with E-state index in [1.807, 2.05) is 0 Å². The molecule has 1 heterocycles. The molecule has 0 amide bonds. The zero-order chi connectivity index (χ0) is 13.0. The first kappa shape index (κ1) is 14.3. The molecule has 1 aliphatic heterocycles. The normalized spacial score (nSPS) is 28.2. The summed E-state index contributed by atoms with van der Waals surface area (Å²) in [5, 5.41) is 0. The molecule has 2 atom stereocenters. The van der Waals surface area contributed by atoms with Gasteiger partial charge in [0.15, 0.2) is 0 Å². The van der Waals surface area contributed by atoms with Crippen molar-refractivity contribution in [2.75, 3.05) is 26.3 Å². The van der Waals surface area contributed by atoms with Gasteiger partial charge >= 0.3 is 0 Å². The van der Waals surface area contributed by atoms with Crippen molar-refractivity contribution in [2.24, 2.45) is 11.7 Å². The van der Waals surface area contributed by atoms with Crippen molar-refractivity contribution < 1.29 is 4.74 Å². The third-order valence-corrected chi connectivity index (χ3v) is 5.31. The summed E-state index contributed by atoms with van der Waals surface area (Å²) in [6, 6.07) is 0.309. The average Bonchev–Trinajstić information content (AvgIpc) is 2.91. The summed E-state index contributed by atoms with van der Waals surface area (Å²) < 4.78 is 5.47. The Morgan fingerprint density at radius 2 is 1.89 bits per heavy atom. The van der Waals surface area contributed by atoms with E-state index in [2.05, 4.69) is 18.7 Å². The third-order valence-electron chi connectivity index (χ3n) is 5.31. The van der Waals surface area contributed by atoms with Gasteiger partial charge in [-0.15, -0.1) is 0 Å². The minimum Gasteiger partial charge on any atom is -0.379 e. The van der Waals surface area contributed by atoms with Crippen molar-refractivity contribution in [3.8, 4) is 0 Å². The van der Waals surface area contributed by atoms with Crippen LogP contribution in [-0.2, 0) is 4.74 Å². The van der Waals surface area contributed by atoms with Crippen molar-refractivity contribution in [1.29, 1.82) is 0 Å². The molecule has 3 nitrogen and oxygen atoms in total. The quantitative estimate of drug-likeness (QED) is 0.819. The molecule has 0 aromatic carbocycles. The SMILES string of the molecule is CCC(C)(C(N)CC1CCCC1)N1CCOCC1. The molecule has 3 heteroatoms. The number of nitrogens with two attached hydrogens (primary N) is 1. The van der Waals surface area contributed by atoms with E-state index in [-0.39, 0.29) is 5.54 Å². The van der Waals surface area contributed by atoms with Gasteiger partial charge in [-0.2, -0.15) is 0 Å². The molecule has 2 fully saturated rings. The van der Waals surface area contributed by atoms with E-state index in [4.69, 9.17) is 10.5 Å². The van der Waals surface area contributed by atoms with Crippen LogP contribution in [0.4, 0.5) is 0 Å². The summed E-state index contributed by atoms with van der Waals surface area (Å²) in [6.45, 7) is 8.46. The largest absolute Gasteiger partial charge is 0.379 e. The highest BCUT2D eigenvalue weighted by Crippen LogP contribution is 2.33. The fourth-order valence-corrected chi connectivity index (χ4v) is 3.65. The standard InChI is InChI=1S/C15H30N2O/c1-3-15(2,17-8-10-18-11-9-17)14(16)12-13-6-4-5-7-13/h13-14H,3-12,16H2,1-2H3. The molecular formula is C15H30N2O. The molecule has 2 unspecified atom stereocenters. The van der Waals surface area contributed by atoms with E-state index >= 15 is 0 Å². The Morgan fingerprint density at radius 3 is 2.44 bits per heavy atom. The van der Waals surface area contributed by atoms with Gasteiger partial charge in [-0.1, -0.05) is 32.6 Å². The summed E-state index contributed by atoms with van der Waals surface area (Å²) in [7, 11) is 0. The Bertz CT molecular complexity index is 247. The second kappa shape index (κ2) is 6.36. The van der Waals surface area contributed by atoms with Crippen molar-refractivity contribution >= 4 is 0 Å². The topological polar surface area (TPSA) is 38.5 Å². The van der Waals surface area contributed by atoms with E-state index in [1.165, 1.54) is 32.1 Å². The molecule has 0 spiro atoms. The van der Waals surface area contributed by atoms with Gasteiger partial charge in [0.25, 0.3) is 0 Å². The Morgan fingerprint density at radius 1 is 1.28 bits per heavy atom. The smallest absolute Gasteiger partial charge is 0.0594 e. The number of hydrogen-bond donors (Lipinski definition) is 1. The average molecular weight is 254 g/mol. The molecule has 0 aromatic heterocycles. The lowest BCUT2D eigenvalue weighted by molar-refractivity contribution is -0.0299. The second-order valence-electron chi connectivity index (χ2n) is 6.30. The monoisotopic (exact) mass is 254 g/mol. The first-order chi connectivity index (χ1) is 8.66. The van der Waals surface area contributed by atoms with Gasteiger partial charge in [0.2, 0.25) is 0 Å². The van der Waals surface area contributed by atoms with Crippen LogP contribution in [-0.4, -0.2) is 42.8 Å². The van der Waals surface area contributed by atoms with E-state index in [1.54, 1.807) is 0 Å². The molecule has 2 aliphatic rings. The number of hydrogen-bond acceptors (Lipinski definition) is 3. The second-order valence-corrected chi connectivity index (χ2v) is 6.30. The summed E-state index contributed by atoms with van der Waals surface area (Å²) in [5.41, 5.74) is 6.75. The third kappa shape index (κ3) is 3.06. The number of rotatable bonds is 5. The fraction of sp³-hybridized carbons (Fsp3) is 1.00. The molecule has 2 N–H and O–H groups in total. The zero-order valence-electron chi connectivity index (χ0n) is 12.2. The van der Waals surface area contributed by atoms with E-state index in [0.29, 0.717) is 6.04 Å². The van der Waals surface area contributed by atoms with Crippen molar-refractivity contribution in [3.63, 3.8) is 0 Å². The summed E-state index contributed by atoms with van der Waals surface area (Å²) in [6.07, 6.45) is 7.98. The molecule has 0 aromatic rings. The van der Waals surface area contributed by atoms with Crippen LogP contribution in [0.3, 0.4) is 0 Å². The Kier molecular flexibility index (Phi) is 5.05. The van der Waals surface area contributed by atoms with Crippen molar-refractivity contribution in [1.82, 2.24) is 4.90 Å². The van der Waals surface area contributed by atoms with Crippen LogP contribution < -0.4 is 5.73 Å². The van der Waals surface area contributed by atoms with Gasteiger partial charge in [0.1, 0.15) is 0 Å². The van der Waals surface area contributed by atoms with Crippen LogP contribution in [0.15, 0.2) is 0 Å². The Balaban J connectivity index is 1.95. The van der Waals surface area contributed by atoms with Crippen LogP contribution >= 0.6 is 0 Å². The van der Waals surface area contributed by atoms with Crippen LogP contribution in [0, 0.1) is 5.92 Å². The van der Waals surface area contributed by atoms with Gasteiger partial charge in [-0.3, -0.25) is 4.90 Å². The van der Waals surface area contributed by atoms with Gasteiger partial charge < -0.3 is 10.5 Å². The Labute approximate surface area is 112 Å². The van der Waals surface area contributed by atoms with E-state index < -0.39 is 0 Å². The molecule has 1 aliphatic carbocycles. The maximum absolute atomic E-state index is 6.59. The molecule has 1 saturated heterocycles. The van der Waals surface area contributed by atoms with Gasteiger partial charge in [-0.25, -0.2) is 0 Å². The molecule has 106 valence electrons. The molecule has 18 heavy (non-hydrogen) atoms. The van der Waals surface area contributed by atoms with Gasteiger partial charge in [0.05, 0.1) is 13.2 Å². The highest BCUT2D eigenvalue weighted by Gasteiger charge is 2.38. The van der Waals surface area contributed by atoms with Gasteiger partial charge in [-0.05, 0) is 25.7 Å². The maximum atomic E-state index is 6.59. The number of nitrogens with zero attached hydrogens (tertiary/aromatic N) is 1. The predicted molar refractivity (Wildman–Crippen MR) is 75.6 cm³/mol. The summed E-state index contributed by atoms with van der Waals surface area (Å²) in [5.74, 6) is 0.881.